The second kappa shape index (κ2) is 9.65. The topological polar surface area (TPSA) is 88.8 Å². The molecule has 0 spiro atoms. The van der Waals surface area contributed by atoms with Crippen molar-refractivity contribution in [3.8, 4) is 17.3 Å². The lowest BCUT2D eigenvalue weighted by Gasteiger charge is -2.20. The maximum Gasteiger partial charge on any atom is 0.257 e. The Morgan fingerprint density at radius 3 is 2.31 bits per heavy atom. The molecule has 0 saturated carbocycles. The number of pyridine rings is 1. The molecule has 32 heavy (non-hydrogen) atoms. The molecule has 158 valence electrons. The number of carbonyl (C=O) groups is 1. The van der Waals surface area contributed by atoms with Crippen LogP contribution in [0.2, 0.25) is 0 Å². The molecule has 4 aromatic rings. The largest absolute Gasteiger partial charge is 0.612 e. The SMILES string of the molecule is C[S+]([O-])c1c(-c2ccccc2)nc2ccccc2c1C(=O)NC(CC#N)c1ccccc1. The van der Waals surface area contributed by atoms with Gasteiger partial charge in [-0.25, -0.2) is 4.98 Å². The van der Waals surface area contributed by atoms with Crippen LogP contribution in [0.1, 0.15) is 28.4 Å². The maximum atomic E-state index is 13.6. The average molecular weight is 440 g/mol. The Morgan fingerprint density at radius 2 is 1.66 bits per heavy atom. The van der Waals surface area contributed by atoms with Gasteiger partial charge in [0.2, 0.25) is 0 Å². The highest BCUT2D eigenvalue weighted by Gasteiger charge is 2.29. The molecule has 3 aromatic carbocycles. The zero-order valence-corrected chi connectivity index (χ0v) is 18.3. The van der Waals surface area contributed by atoms with E-state index in [0.717, 1.165) is 11.1 Å². The Hall–Kier alpha value is -3.66. The molecule has 0 bridgehead atoms. The summed E-state index contributed by atoms with van der Waals surface area (Å²) in [5, 5.41) is 12.9. The lowest BCUT2D eigenvalue weighted by atomic mass is 10.0. The minimum atomic E-state index is -1.48. The molecule has 4 rings (SSSR count). The zero-order chi connectivity index (χ0) is 22.5. The molecule has 6 heteroatoms. The highest BCUT2D eigenvalue weighted by molar-refractivity contribution is 7.91. The molecule has 1 N–H and O–H groups in total. The highest BCUT2D eigenvalue weighted by atomic mass is 32.2. The number of nitrogens with one attached hydrogen (secondary N) is 1. The van der Waals surface area contributed by atoms with Gasteiger partial charge < -0.3 is 9.87 Å². The lowest BCUT2D eigenvalue weighted by Crippen LogP contribution is -2.30. The summed E-state index contributed by atoms with van der Waals surface area (Å²) in [4.78, 5) is 18.8. The first-order valence-electron chi connectivity index (χ1n) is 10.1. The van der Waals surface area contributed by atoms with Crippen LogP contribution in [0.5, 0.6) is 0 Å². The first kappa shape index (κ1) is 21.6. The van der Waals surface area contributed by atoms with Crippen LogP contribution in [-0.4, -0.2) is 21.7 Å². The summed E-state index contributed by atoms with van der Waals surface area (Å²) in [5.41, 5.74) is 3.11. The van der Waals surface area contributed by atoms with Crippen LogP contribution in [0.15, 0.2) is 89.8 Å². The minimum absolute atomic E-state index is 0.120. The maximum absolute atomic E-state index is 13.6. The number of hydrogen-bond donors (Lipinski definition) is 1. The Labute approximate surface area is 189 Å². The Kier molecular flexibility index (Phi) is 6.50. The van der Waals surface area contributed by atoms with E-state index in [1.165, 1.54) is 0 Å². The predicted molar refractivity (Wildman–Crippen MR) is 126 cm³/mol. The lowest BCUT2D eigenvalue weighted by molar-refractivity contribution is 0.0936. The fourth-order valence-electron chi connectivity index (χ4n) is 3.75. The van der Waals surface area contributed by atoms with Gasteiger partial charge in [-0.1, -0.05) is 78.9 Å². The van der Waals surface area contributed by atoms with E-state index in [-0.39, 0.29) is 12.3 Å². The van der Waals surface area contributed by atoms with Crippen LogP contribution in [0.25, 0.3) is 22.2 Å². The number of rotatable bonds is 6. The fraction of sp³-hybridized carbons (Fsp3) is 0.115. The van der Waals surface area contributed by atoms with Crippen LogP contribution in [0.4, 0.5) is 0 Å². The van der Waals surface area contributed by atoms with Crippen LogP contribution in [-0.2, 0) is 11.2 Å². The van der Waals surface area contributed by atoms with Crippen LogP contribution < -0.4 is 5.32 Å². The third-order valence-electron chi connectivity index (χ3n) is 5.21. The van der Waals surface area contributed by atoms with Crippen molar-refractivity contribution in [1.82, 2.24) is 10.3 Å². The second-order valence-electron chi connectivity index (χ2n) is 7.30. The van der Waals surface area contributed by atoms with Gasteiger partial charge in [0.05, 0.1) is 24.0 Å². The standard InChI is InChI=1S/C26H21N3O2S/c1-32(31)25-23(26(30)29-21(16-17-27)18-10-4-2-5-11-18)20-14-8-9-15-22(20)28-24(25)19-12-6-3-7-13-19/h2-15,21H,16H2,1H3,(H,29,30). The molecule has 0 aliphatic rings. The molecule has 0 radical (unpaired) electrons. The summed E-state index contributed by atoms with van der Waals surface area (Å²) in [7, 11) is 0. The molecule has 1 heterocycles. The smallest absolute Gasteiger partial charge is 0.257 e. The Balaban J connectivity index is 1.89. The van der Waals surface area contributed by atoms with Gasteiger partial charge in [0.15, 0.2) is 4.90 Å². The Bertz CT molecular complexity index is 1290. The summed E-state index contributed by atoms with van der Waals surface area (Å²) in [6.45, 7) is 0. The highest BCUT2D eigenvalue weighted by Crippen LogP contribution is 2.34. The van der Waals surface area contributed by atoms with Crippen LogP contribution in [0.3, 0.4) is 0 Å². The van der Waals surface area contributed by atoms with E-state index in [1.807, 2.05) is 84.9 Å². The van der Waals surface area contributed by atoms with Gasteiger partial charge in [0, 0.05) is 10.9 Å². The van der Waals surface area contributed by atoms with E-state index in [2.05, 4.69) is 11.4 Å². The number of fused-ring (bicyclic) bond motifs is 1. The van der Waals surface area contributed by atoms with Crippen LogP contribution >= 0.6 is 0 Å². The number of aromatic nitrogens is 1. The summed E-state index contributed by atoms with van der Waals surface area (Å²) in [6.07, 6.45) is 1.67. The van der Waals surface area contributed by atoms with Gasteiger partial charge in [-0.05, 0) is 22.8 Å². The third kappa shape index (κ3) is 4.35. The summed E-state index contributed by atoms with van der Waals surface area (Å²) < 4.78 is 12.9. The van der Waals surface area contributed by atoms with Crippen molar-refractivity contribution in [1.29, 1.82) is 5.26 Å². The van der Waals surface area contributed by atoms with Gasteiger partial charge in [-0.15, -0.1) is 0 Å². The third-order valence-corrected chi connectivity index (χ3v) is 6.18. The summed E-state index contributed by atoms with van der Waals surface area (Å²) in [5.74, 6) is -0.380. The molecule has 0 saturated heterocycles. The van der Waals surface area contributed by atoms with E-state index >= 15 is 0 Å². The number of amides is 1. The van der Waals surface area contributed by atoms with E-state index in [9.17, 15) is 14.6 Å². The molecular weight excluding hydrogens is 418 g/mol. The quantitative estimate of drug-likeness (QED) is 0.427. The van der Waals surface area contributed by atoms with Crippen LogP contribution in [0, 0.1) is 11.3 Å². The van der Waals surface area contributed by atoms with E-state index in [0.29, 0.717) is 27.1 Å². The first-order chi connectivity index (χ1) is 15.6. The molecule has 0 aliphatic carbocycles. The molecule has 0 fully saturated rings. The number of nitriles is 1. The van der Waals surface area contributed by atoms with E-state index < -0.39 is 17.2 Å². The number of para-hydroxylation sites is 1. The average Bonchev–Trinajstić information content (AvgIpc) is 2.83. The van der Waals surface area contributed by atoms with E-state index in [4.69, 9.17) is 4.98 Å². The van der Waals surface area contributed by atoms with Crippen molar-refractivity contribution < 1.29 is 9.35 Å². The molecule has 2 atom stereocenters. The summed E-state index contributed by atoms with van der Waals surface area (Å²) in [6, 6.07) is 27.8. The fourth-order valence-corrected chi connectivity index (χ4v) is 4.68. The van der Waals surface area contributed by atoms with Crippen molar-refractivity contribution in [2.75, 3.05) is 6.26 Å². The Morgan fingerprint density at radius 1 is 1.03 bits per heavy atom. The van der Waals surface area contributed by atoms with Crippen molar-refractivity contribution >= 4 is 28.0 Å². The van der Waals surface area contributed by atoms with Crippen molar-refractivity contribution in [3.05, 3.63) is 96.1 Å². The van der Waals surface area contributed by atoms with Crippen molar-refractivity contribution in [2.24, 2.45) is 0 Å². The zero-order valence-electron chi connectivity index (χ0n) is 17.5. The molecule has 1 aromatic heterocycles. The molecular formula is C26H21N3O2S. The molecule has 1 amide bonds. The number of carbonyl (C=O) groups excluding carboxylic acids is 1. The second-order valence-corrected chi connectivity index (χ2v) is 8.62. The van der Waals surface area contributed by atoms with Gasteiger partial charge in [0.1, 0.15) is 17.5 Å². The van der Waals surface area contributed by atoms with Crippen molar-refractivity contribution in [3.63, 3.8) is 0 Å². The molecule has 2 unspecified atom stereocenters. The molecule has 0 aliphatic heterocycles. The van der Waals surface area contributed by atoms with E-state index in [1.54, 1.807) is 6.26 Å². The number of benzene rings is 3. The first-order valence-corrected chi connectivity index (χ1v) is 11.7. The number of hydrogen-bond acceptors (Lipinski definition) is 4. The van der Waals surface area contributed by atoms with Gasteiger partial charge >= 0.3 is 0 Å². The molecule has 5 nitrogen and oxygen atoms in total. The van der Waals surface area contributed by atoms with Gasteiger partial charge in [-0.3, -0.25) is 4.79 Å². The van der Waals surface area contributed by atoms with Gasteiger partial charge in [-0.2, -0.15) is 5.26 Å². The minimum Gasteiger partial charge on any atom is -0.612 e. The van der Waals surface area contributed by atoms with Gasteiger partial charge in [0.25, 0.3) is 5.91 Å². The van der Waals surface area contributed by atoms with Crippen molar-refractivity contribution in [2.45, 2.75) is 17.4 Å². The normalized spacial score (nSPS) is 12.7. The monoisotopic (exact) mass is 439 g/mol. The number of nitrogens with zero attached hydrogens (tertiary/aromatic N) is 2. The summed E-state index contributed by atoms with van der Waals surface area (Å²) >= 11 is -1.48. The predicted octanol–water partition coefficient (Wildman–Crippen LogP) is 5.02.